The van der Waals surface area contributed by atoms with Crippen molar-refractivity contribution in [2.24, 2.45) is 28.6 Å². The van der Waals surface area contributed by atoms with Crippen molar-refractivity contribution >= 4 is 11.9 Å². The molecule has 0 bridgehead atoms. The summed E-state index contributed by atoms with van der Waals surface area (Å²) in [6, 6.07) is 0. The van der Waals surface area contributed by atoms with Crippen molar-refractivity contribution in [2.45, 2.75) is 84.2 Å². The Hall–Kier alpha value is -1.40. The van der Waals surface area contributed by atoms with Gasteiger partial charge in [-0.15, -0.1) is 0 Å². The number of hydrogen-bond donors (Lipinski definition) is 2. The lowest BCUT2D eigenvalue weighted by atomic mass is 9.41. The van der Waals surface area contributed by atoms with E-state index in [2.05, 4.69) is 20.8 Å². The Labute approximate surface area is 166 Å². The summed E-state index contributed by atoms with van der Waals surface area (Å²) >= 11 is 0. The fourth-order valence-corrected chi connectivity index (χ4v) is 7.48. The number of esters is 2. The molecule has 7 unspecified atom stereocenters. The lowest BCUT2D eigenvalue weighted by Crippen LogP contribution is -2.66. The first-order valence-corrected chi connectivity index (χ1v) is 10.4. The number of ether oxygens (including phenoxy) is 2. The van der Waals surface area contributed by atoms with Crippen LogP contribution in [0, 0.1) is 28.6 Å². The van der Waals surface area contributed by atoms with Crippen LogP contribution in [0.5, 0.6) is 0 Å². The van der Waals surface area contributed by atoms with Crippen LogP contribution in [0.4, 0.5) is 0 Å². The van der Waals surface area contributed by atoms with Gasteiger partial charge in [-0.3, -0.25) is 4.79 Å². The summed E-state index contributed by atoms with van der Waals surface area (Å²) in [4.78, 5) is 23.8. The molecule has 4 rings (SSSR count). The molecule has 0 amide bonds. The average Bonchev–Trinajstić information content (AvgIpc) is 2.83. The van der Waals surface area contributed by atoms with Gasteiger partial charge in [0.15, 0.2) is 0 Å². The molecule has 6 nitrogen and oxygen atoms in total. The lowest BCUT2D eigenvalue weighted by molar-refractivity contribution is -0.260. The summed E-state index contributed by atoms with van der Waals surface area (Å²) in [5.74, 6) is -2.83. The van der Waals surface area contributed by atoms with E-state index in [1.165, 1.54) is 13.0 Å². The highest BCUT2D eigenvalue weighted by Gasteiger charge is 2.68. The molecule has 0 aromatic carbocycles. The molecular weight excluding hydrogens is 360 g/mol. The van der Waals surface area contributed by atoms with Crippen LogP contribution in [0.15, 0.2) is 11.6 Å². The predicted octanol–water partition coefficient (Wildman–Crippen LogP) is 2.71. The van der Waals surface area contributed by atoms with E-state index < -0.39 is 17.4 Å². The quantitative estimate of drug-likeness (QED) is 0.667. The first kappa shape index (κ1) is 19.9. The minimum Gasteiger partial charge on any atom is -0.462 e. The Bertz CT molecular complexity index is 752. The van der Waals surface area contributed by atoms with Crippen LogP contribution in [-0.4, -0.2) is 39.6 Å². The zero-order valence-electron chi connectivity index (χ0n) is 17.4. The monoisotopic (exact) mass is 392 g/mol. The number of rotatable bonds is 1. The largest absolute Gasteiger partial charge is 0.462 e. The zero-order chi connectivity index (χ0) is 20.7. The summed E-state index contributed by atoms with van der Waals surface area (Å²) in [5.41, 5.74) is -1.44. The SMILES string of the molecule is CC(=O)OC1CC2C(CC3(O)OC(=O)C=C3C2(C)O)C2(C)CCCC(C)(C)C12. The maximum absolute atomic E-state index is 11.9. The number of carbonyl (C=O) groups is 2. The van der Waals surface area contributed by atoms with Crippen molar-refractivity contribution in [3.63, 3.8) is 0 Å². The van der Waals surface area contributed by atoms with Gasteiger partial charge in [0, 0.05) is 30.9 Å². The van der Waals surface area contributed by atoms with E-state index in [4.69, 9.17) is 9.47 Å². The van der Waals surface area contributed by atoms with Crippen molar-refractivity contribution < 1.29 is 29.3 Å². The summed E-state index contributed by atoms with van der Waals surface area (Å²) < 4.78 is 11.1. The van der Waals surface area contributed by atoms with Crippen LogP contribution in [0.2, 0.25) is 0 Å². The van der Waals surface area contributed by atoms with Gasteiger partial charge in [-0.1, -0.05) is 27.2 Å². The molecule has 0 spiro atoms. The Morgan fingerprint density at radius 3 is 2.50 bits per heavy atom. The Morgan fingerprint density at radius 2 is 1.86 bits per heavy atom. The fourth-order valence-electron chi connectivity index (χ4n) is 7.48. The van der Waals surface area contributed by atoms with Crippen molar-refractivity contribution in [3.8, 4) is 0 Å². The van der Waals surface area contributed by atoms with Crippen LogP contribution in [-0.2, 0) is 19.1 Å². The van der Waals surface area contributed by atoms with Gasteiger partial charge in [-0.25, -0.2) is 4.79 Å². The van der Waals surface area contributed by atoms with Gasteiger partial charge < -0.3 is 19.7 Å². The van der Waals surface area contributed by atoms with Crippen LogP contribution in [0.3, 0.4) is 0 Å². The van der Waals surface area contributed by atoms with E-state index in [1.54, 1.807) is 6.92 Å². The van der Waals surface area contributed by atoms with Gasteiger partial charge in [0.1, 0.15) is 6.10 Å². The Kier molecular flexibility index (Phi) is 4.13. The van der Waals surface area contributed by atoms with Gasteiger partial charge in [0.2, 0.25) is 5.79 Å². The Balaban J connectivity index is 1.83. The molecule has 7 atom stereocenters. The molecule has 0 saturated heterocycles. The maximum Gasteiger partial charge on any atom is 0.333 e. The third kappa shape index (κ3) is 2.60. The third-order valence-electron chi connectivity index (χ3n) is 8.31. The minimum atomic E-state index is -1.74. The van der Waals surface area contributed by atoms with Crippen LogP contribution in [0.25, 0.3) is 0 Å². The van der Waals surface area contributed by atoms with Crippen LogP contribution < -0.4 is 0 Å². The van der Waals surface area contributed by atoms with E-state index in [0.717, 1.165) is 19.3 Å². The second kappa shape index (κ2) is 5.82. The first-order chi connectivity index (χ1) is 12.8. The van der Waals surface area contributed by atoms with E-state index in [-0.39, 0.29) is 52.7 Å². The Morgan fingerprint density at radius 1 is 1.18 bits per heavy atom. The highest BCUT2D eigenvalue weighted by atomic mass is 16.7. The smallest absolute Gasteiger partial charge is 0.333 e. The van der Waals surface area contributed by atoms with Crippen molar-refractivity contribution in [3.05, 3.63) is 11.6 Å². The second-order valence-corrected chi connectivity index (χ2v) is 10.5. The molecule has 1 heterocycles. The predicted molar refractivity (Wildman–Crippen MR) is 101 cm³/mol. The molecule has 0 aromatic rings. The molecule has 3 fully saturated rings. The van der Waals surface area contributed by atoms with Gasteiger partial charge in [0.25, 0.3) is 0 Å². The normalized spacial score (nSPS) is 49.2. The third-order valence-corrected chi connectivity index (χ3v) is 8.31. The zero-order valence-corrected chi connectivity index (χ0v) is 17.4. The molecule has 1 aliphatic heterocycles. The highest BCUT2D eigenvalue weighted by molar-refractivity contribution is 5.87. The molecule has 3 saturated carbocycles. The maximum atomic E-state index is 11.9. The molecule has 156 valence electrons. The van der Waals surface area contributed by atoms with Gasteiger partial charge >= 0.3 is 11.9 Å². The van der Waals surface area contributed by atoms with E-state index in [1.807, 2.05) is 0 Å². The molecule has 2 N–H and O–H groups in total. The molecule has 4 aliphatic rings. The molecule has 28 heavy (non-hydrogen) atoms. The lowest BCUT2D eigenvalue weighted by Gasteiger charge is -2.65. The van der Waals surface area contributed by atoms with Crippen LogP contribution >= 0.6 is 0 Å². The summed E-state index contributed by atoms with van der Waals surface area (Å²) in [5, 5.41) is 22.7. The van der Waals surface area contributed by atoms with Gasteiger partial charge in [0.05, 0.1) is 5.60 Å². The standard InChI is InChI=1S/C22H32O6/c1-12(23)27-15-9-13-14(20(4)8-6-7-19(2,3)18(15)20)11-22(26)16(21(13,5)25)10-17(24)28-22/h10,13-15,18,25-26H,6-9,11H2,1-5H3. The fraction of sp³-hybridized carbons (Fsp3) is 0.818. The van der Waals surface area contributed by atoms with Crippen molar-refractivity contribution in [2.75, 3.05) is 0 Å². The van der Waals surface area contributed by atoms with E-state index >= 15 is 0 Å². The number of carbonyl (C=O) groups excluding carboxylic acids is 2. The number of aliphatic hydroxyl groups is 2. The van der Waals surface area contributed by atoms with Crippen molar-refractivity contribution in [1.29, 1.82) is 0 Å². The number of fused-ring (bicyclic) bond motifs is 4. The number of hydrogen-bond acceptors (Lipinski definition) is 6. The first-order valence-electron chi connectivity index (χ1n) is 10.4. The van der Waals surface area contributed by atoms with Crippen molar-refractivity contribution in [1.82, 2.24) is 0 Å². The molecule has 0 aromatic heterocycles. The van der Waals surface area contributed by atoms with Gasteiger partial charge in [-0.2, -0.15) is 0 Å². The molecule has 0 radical (unpaired) electrons. The van der Waals surface area contributed by atoms with E-state index in [0.29, 0.717) is 6.42 Å². The topological polar surface area (TPSA) is 93.1 Å². The summed E-state index contributed by atoms with van der Waals surface area (Å²) in [6.07, 6.45) is 4.75. The van der Waals surface area contributed by atoms with Crippen LogP contribution in [0.1, 0.15) is 66.7 Å². The summed E-state index contributed by atoms with van der Waals surface area (Å²) in [7, 11) is 0. The average molecular weight is 392 g/mol. The second-order valence-electron chi connectivity index (χ2n) is 10.5. The van der Waals surface area contributed by atoms with Gasteiger partial charge in [-0.05, 0) is 48.9 Å². The molecule has 3 aliphatic carbocycles. The van der Waals surface area contributed by atoms with E-state index in [9.17, 15) is 19.8 Å². The molecule has 6 heteroatoms. The highest BCUT2D eigenvalue weighted by Crippen LogP contribution is 2.67. The minimum absolute atomic E-state index is 0.0327. The molecular formula is C22H32O6. The summed E-state index contributed by atoms with van der Waals surface area (Å²) in [6.45, 7) is 9.75.